The first-order valence-corrected chi connectivity index (χ1v) is 12.2. The molecule has 3 aromatic rings. The quantitative estimate of drug-likeness (QED) is 0.376. The molecule has 0 unspecified atom stereocenters. The van der Waals surface area contributed by atoms with E-state index in [9.17, 15) is 17.6 Å². The van der Waals surface area contributed by atoms with Crippen molar-refractivity contribution in [1.29, 1.82) is 0 Å². The molecule has 180 valence electrons. The van der Waals surface area contributed by atoms with Gasteiger partial charge in [0.25, 0.3) is 10.0 Å². The van der Waals surface area contributed by atoms with E-state index in [1.807, 2.05) is 0 Å². The lowest BCUT2D eigenvalue weighted by molar-refractivity contribution is -0.114. The number of rotatable bonds is 10. The molecular formula is C23H21Cl2FN2O5S. The highest BCUT2D eigenvalue weighted by Crippen LogP contribution is 2.38. The van der Waals surface area contributed by atoms with Crippen molar-refractivity contribution in [3.05, 3.63) is 82.6 Å². The number of ether oxygens (including phenoxy) is 2. The molecule has 11 heteroatoms. The zero-order valence-electron chi connectivity index (χ0n) is 18.0. The van der Waals surface area contributed by atoms with Crippen LogP contribution in [-0.4, -0.2) is 41.2 Å². The number of methoxy groups -OCH3 is 1. The lowest BCUT2D eigenvalue weighted by atomic mass is 10.3. The Hall–Kier alpha value is -2.85. The van der Waals surface area contributed by atoms with Crippen LogP contribution < -0.4 is 14.4 Å². The molecule has 1 amide bonds. The number of halogens is 3. The summed E-state index contributed by atoms with van der Waals surface area (Å²) in [7, 11) is -2.71. The second kappa shape index (κ2) is 11.5. The second-order valence-corrected chi connectivity index (χ2v) is 9.63. The summed E-state index contributed by atoms with van der Waals surface area (Å²) in [5.41, 5.74) is 0.297. The maximum Gasteiger partial charge on any atom is 0.264 e. The average Bonchev–Trinajstić information content (AvgIpc) is 2.81. The van der Waals surface area contributed by atoms with Crippen molar-refractivity contribution < 1.29 is 27.1 Å². The summed E-state index contributed by atoms with van der Waals surface area (Å²) in [6.07, 6.45) is 0. The van der Waals surface area contributed by atoms with Crippen molar-refractivity contribution in [2.45, 2.75) is 4.90 Å². The Labute approximate surface area is 207 Å². The molecule has 7 nitrogen and oxygen atoms in total. The van der Waals surface area contributed by atoms with Crippen LogP contribution >= 0.6 is 23.2 Å². The van der Waals surface area contributed by atoms with Crippen LogP contribution in [0.5, 0.6) is 5.75 Å². The van der Waals surface area contributed by atoms with Gasteiger partial charge in [-0.05, 0) is 42.5 Å². The summed E-state index contributed by atoms with van der Waals surface area (Å²) in [6, 6.07) is 15.4. The molecule has 3 rings (SSSR count). The number of amides is 1. The Morgan fingerprint density at radius 1 is 1.00 bits per heavy atom. The van der Waals surface area contributed by atoms with Crippen molar-refractivity contribution >= 4 is 50.5 Å². The van der Waals surface area contributed by atoms with Gasteiger partial charge in [-0.15, -0.1) is 0 Å². The van der Waals surface area contributed by atoms with Gasteiger partial charge in [0.15, 0.2) is 0 Å². The van der Waals surface area contributed by atoms with E-state index in [1.165, 1.54) is 55.6 Å². The molecule has 0 saturated carbocycles. The number of anilines is 2. The summed E-state index contributed by atoms with van der Waals surface area (Å²) >= 11 is 12.6. The Bertz CT molecular complexity index is 1240. The summed E-state index contributed by atoms with van der Waals surface area (Å²) in [5, 5.41) is 2.71. The third-order valence-corrected chi connectivity index (χ3v) is 6.93. The van der Waals surface area contributed by atoms with Crippen LogP contribution in [0.25, 0.3) is 0 Å². The molecule has 0 radical (unpaired) electrons. The monoisotopic (exact) mass is 526 g/mol. The van der Waals surface area contributed by atoms with Crippen LogP contribution in [0, 0.1) is 5.82 Å². The SMILES string of the molecule is COCCOc1cc(N(CC(=O)Nc2ccc(F)cc2)S(=O)(=O)c2ccccc2)c(Cl)cc1Cl. The predicted molar refractivity (Wildman–Crippen MR) is 130 cm³/mol. The molecule has 0 aromatic heterocycles. The molecular weight excluding hydrogens is 506 g/mol. The molecule has 0 bridgehead atoms. The highest BCUT2D eigenvalue weighted by Gasteiger charge is 2.30. The molecule has 0 aliphatic carbocycles. The fraction of sp³-hybridized carbons (Fsp3) is 0.174. The minimum atomic E-state index is -4.22. The van der Waals surface area contributed by atoms with E-state index in [1.54, 1.807) is 18.2 Å². The molecule has 0 spiro atoms. The fourth-order valence-electron chi connectivity index (χ4n) is 2.94. The number of carbonyl (C=O) groups excluding carboxylic acids is 1. The zero-order chi connectivity index (χ0) is 24.7. The highest BCUT2D eigenvalue weighted by molar-refractivity contribution is 7.92. The molecule has 0 aliphatic rings. The minimum Gasteiger partial charge on any atom is -0.490 e. The second-order valence-electron chi connectivity index (χ2n) is 6.96. The molecule has 34 heavy (non-hydrogen) atoms. The normalized spacial score (nSPS) is 11.2. The van der Waals surface area contributed by atoms with E-state index in [0.717, 1.165) is 4.31 Å². The maximum atomic E-state index is 13.5. The van der Waals surface area contributed by atoms with Gasteiger partial charge in [0.1, 0.15) is 24.7 Å². The van der Waals surface area contributed by atoms with Gasteiger partial charge in [0.2, 0.25) is 5.91 Å². The van der Waals surface area contributed by atoms with E-state index >= 15 is 0 Å². The van der Waals surface area contributed by atoms with Crippen LogP contribution in [-0.2, 0) is 19.6 Å². The van der Waals surface area contributed by atoms with Gasteiger partial charge in [0, 0.05) is 18.9 Å². The van der Waals surface area contributed by atoms with Crippen LogP contribution in [0.2, 0.25) is 10.0 Å². The van der Waals surface area contributed by atoms with Gasteiger partial charge < -0.3 is 14.8 Å². The third kappa shape index (κ3) is 6.38. The first-order valence-electron chi connectivity index (χ1n) is 9.96. The van der Waals surface area contributed by atoms with Crippen molar-refractivity contribution in [2.75, 3.05) is 36.5 Å². The van der Waals surface area contributed by atoms with Gasteiger partial charge >= 0.3 is 0 Å². The minimum absolute atomic E-state index is 0.00169. The predicted octanol–water partition coefficient (Wildman–Crippen LogP) is 4.99. The van der Waals surface area contributed by atoms with Gasteiger partial charge in [-0.3, -0.25) is 9.10 Å². The van der Waals surface area contributed by atoms with Crippen molar-refractivity contribution in [3.8, 4) is 5.75 Å². The number of nitrogens with one attached hydrogen (secondary N) is 1. The first kappa shape index (κ1) is 25.8. The summed E-state index contributed by atoms with van der Waals surface area (Å²) < 4.78 is 51.6. The first-order chi connectivity index (χ1) is 16.2. The zero-order valence-corrected chi connectivity index (χ0v) is 20.3. The molecule has 0 fully saturated rings. The molecule has 0 heterocycles. The smallest absolute Gasteiger partial charge is 0.264 e. The average molecular weight is 527 g/mol. The molecule has 0 aliphatic heterocycles. The third-order valence-electron chi connectivity index (χ3n) is 4.56. The van der Waals surface area contributed by atoms with Crippen LogP contribution in [0.1, 0.15) is 0 Å². The largest absolute Gasteiger partial charge is 0.490 e. The highest BCUT2D eigenvalue weighted by atomic mass is 35.5. The van der Waals surface area contributed by atoms with Crippen LogP contribution in [0.3, 0.4) is 0 Å². The van der Waals surface area contributed by atoms with Gasteiger partial charge in [-0.25, -0.2) is 12.8 Å². The fourth-order valence-corrected chi connectivity index (χ4v) is 4.98. The Kier molecular flexibility index (Phi) is 8.73. The number of nitrogens with zero attached hydrogens (tertiary/aromatic N) is 1. The summed E-state index contributed by atoms with van der Waals surface area (Å²) in [4.78, 5) is 12.8. The topological polar surface area (TPSA) is 84.9 Å². The molecule has 3 aromatic carbocycles. The number of hydrogen-bond donors (Lipinski definition) is 1. The number of benzene rings is 3. The van der Waals surface area contributed by atoms with Crippen molar-refractivity contribution in [2.24, 2.45) is 0 Å². The number of sulfonamides is 1. The Morgan fingerprint density at radius 3 is 2.32 bits per heavy atom. The van der Waals surface area contributed by atoms with Gasteiger partial charge in [0.05, 0.1) is 27.2 Å². The van der Waals surface area contributed by atoms with E-state index < -0.39 is 28.3 Å². The summed E-state index contributed by atoms with van der Waals surface area (Å²) in [5.74, 6) is -0.968. The molecule has 1 N–H and O–H groups in total. The maximum absolute atomic E-state index is 13.5. The molecule has 0 saturated heterocycles. The van der Waals surface area contributed by atoms with Gasteiger partial charge in [-0.2, -0.15) is 0 Å². The Morgan fingerprint density at radius 2 is 1.68 bits per heavy atom. The van der Waals surface area contributed by atoms with Crippen molar-refractivity contribution in [1.82, 2.24) is 0 Å². The lowest BCUT2D eigenvalue weighted by Crippen LogP contribution is -2.38. The van der Waals surface area contributed by atoms with Gasteiger partial charge in [-0.1, -0.05) is 41.4 Å². The van der Waals surface area contributed by atoms with Crippen molar-refractivity contribution in [3.63, 3.8) is 0 Å². The van der Waals surface area contributed by atoms with E-state index in [-0.39, 0.29) is 39.6 Å². The Balaban J connectivity index is 2.00. The number of hydrogen-bond acceptors (Lipinski definition) is 5. The summed E-state index contributed by atoms with van der Waals surface area (Å²) in [6.45, 7) is -0.179. The molecule has 0 atom stereocenters. The van der Waals surface area contributed by atoms with E-state index in [2.05, 4.69) is 5.32 Å². The lowest BCUT2D eigenvalue weighted by Gasteiger charge is -2.26. The van der Waals surface area contributed by atoms with Crippen LogP contribution in [0.4, 0.5) is 15.8 Å². The standard InChI is InChI=1S/C23H21Cl2FN2O5S/c1-32-11-12-33-22-14-21(19(24)13-20(22)25)28(34(30,31)18-5-3-2-4-6-18)15-23(29)27-17-9-7-16(26)8-10-17/h2-10,13-14H,11-12,15H2,1H3,(H,27,29). The number of carbonyl (C=O) groups is 1. The van der Waals surface area contributed by atoms with Crippen LogP contribution in [0.15, 0.2) is 71.6 Å². The van der Waals surface area contributed by atoms with E-state index in [4.69, 9.17) is 32.7 Å². The van der Waals surface area contributed by atoms with E-state index in [0.29, 0.717) is 5.69 Å².